The quantitative estimate of drug-likeness (QED) is 0.634. The van der Waals surface area contributed by atoms with Crippen molar-refractivity contribution >= 4 is 21.6 Å². The molecule has 2 bridgehead atoms. The second-order valence-electron chi connectivity index (χ2n) is 9.84. The van der Waals surface area contributed by atoms with Crippen LogP contribution in [0.4, 0.5) is 23.4 Å². The van der Waals surface area contributed by atoms with E-state index in [-0.39, 0.29) is 42.9 Å². The standard InChI is InChI=1S/C21H27F4N3O4S/c1-19(2)13-3-4-20(19,17(30)8-13)12-33(31,32)27-5-6-28(15(10-27)11-29)18-16(22)7-14(9-26-18)21(23,24)25/h7,9,13,15,29H,3-6,8,10-12H2,1-2H3. The molecule has 0 spiro atoms. The van der Waals surface area contributed by atoms with E-state index in [1.165, 1.54) is 9.21 Å². The zero-order chi connectivity index (χ0) is 24.4. The predicted octanol–water partition coefficient (Wildman–Crippen LogP) is 2.45. The smallest absolute Gasteiger partial charge is 0.394 e. The number of hydrogen-bond acceptors (Lipinski definition) is 6. The molecule has 3 atom stereocenters. The molecule has 12 heteroatoms. The van der Waals surface area contributed by atoms with Crippen LogP contribution < -0.4 is 4.90 Å². The molecule has 3 fully saturated rings. The van der Waals surface area contributed by atoms with Gasteiger partial charge in [0, 0.05) is 37.7 Å². The lowest BCUT2D eigenvalue weighted by atomic mass is 9.70. The number of pyridine rings is 1. The van der Waals surface area contributed by atoms with Crippen molar-refractivity contribution in [3.05, 3.63) is 23.6 Å². The molecule has 0 amide bonds. The number of Topliss-reactive ketones (excluding diaryl/α,β-unsaturated/α-hetero) is 1. The van der Waals surface area contributed by atoms with Gasteiger partial charge in [-0.2, -0.15) is 17.5 Å². The SMILES string of the molecule is CC1(C)C2CCC1(CS(=O)(=O)N1CCN(c3ncc(C(F)(F)F)cc3F)C(CO)C1)C(=O)C2. The fourth-order valence-electron chi connectivity index (χ4n) is 5.82. The van der Waals surface area contributed by atoms with Crippen molar-refractivity contribution in [1.29, 1.82) is 0 Å². The first kappa shape index (κ1) is 24.3. The molecular formula is C21H27F4N3O4S. The van der Waals surface area contributed by atoms with E-state index in [9.17, 15) is 35.9 Å². The lowest BCUT2D eigenvalue weighted by molar-refractivity contribution is -0.138. The van der Waals surface area contributed by atoms with Crippen molar-refractivity contribution in [2.45, 2.75) is 45.3 Å². The first-order valence-corrected chi connectivity index (χ1v) is 12.5. The van der Waals surface area contributed by atoms with E-state index >= 15 is 0 Å². The minimum atomic E-state index is -4.75. The number of hydrogen-bond donors (Lipinski definition) is 1. The fourth-order valence-corrected chi connectivity index (χ4v) is 8.06. The maximum absolute atomic E-state index is 14.5. The number of piperazine rings is 1. The number of aliphatic hydroxyl groups excluding tert-OH is 1. The third-order valence-corrected chi connectivity index (χ3v) is 10.0. The molecule has 7 nitrogen and oxygen atoms in total. The summed E-state index contributed by atoms with van der Waals surface area (Å²) in [5.74, 6) is -1.75. The highest BCUT2D eigenvalue weighted by Crippen LogP contribution is 2.64. The summed E-state index contributed by atoms with van der Waals surface area (Å²) in [6.45, 7) is 3.03. The van der Waals surface area contributed by atoms with E-state index in [0.717, 1.165) is 6.42 Å². The van der Waals surface area contributed by atoms with E-state index in [1.807, 2.05) is 13.8 Å². The van der Waals surface area contributed by atoms with Gasteiger partial charge in [-0.05, 0) is 30.2 Å². The highest BCUT2D eigenvalue weighted by molar-refractivity contribution is 7.89. The molecule has 33 heavy (non-hydrogen) atoms. The second-order valence-corrected chi connectivity index (χ2v) is 11.8. The number of fused-ring (bicyclic) bond motifs is 2. The van der Waals surface area contributed by atoms with Gasteiger partial charge in [0.1, 0.15) is 5.78 Å². The number of halogens is 4. The number of nitrogens with zero attached hydrogens (tertiary/aromatic N) is 3. The molecular weight excluding hydrogens is 466 g/mol. The number of carbonyl (C=O) groups excluding carboxylic acids is 1. The first-order chi connectivity index (χ1) is 15.2. The molecule has 2 aliphatic carbocycles. The van der Waals surface area contributed by atoms with Crippen molar-refractivity contribution in [3.8, 4) is 0 Å². The monoisotopic (exact) mass is 493 g/mol. The van der Waals surface area contributed by atoms with E-state index in [0.29, 0.717) is 25.1 Å². The maximum atomic E-state index is 14.5. The lowest BCUT2D eigenvalue weighted by Crippen LogP contribution is -2.58. The zero-order valence-electron chi connectivity index (χ0n) is 18.4. The molecule has 3 unspecified atom stereocenters. The molecule has 2 saturated carbocycles. The van der Waals surface area contributed by atoms with Crippen molar-refractivity contribution in [1.82, 2.24) is 9.29 Å². The predicted molar refractivity (Wildman–Crippen MR) is 111 cm³/mol. The van der Waals surface area contributed by atoms with E-state index in [4.69, 9.17) is 0 Å². The van der Waals surface area contributed by atoms with Gasteiger partial charge in [-0.25, -0.2) is 17.8 Å². The van der Waals surface area contributed by atoms with Crippen molar-refractivity contribution in [2.24, 2.45) is 16.7 Å². The van der Waals surface area contributed by atoms with E-state index in [2.05, 4.69) is 4.98 Å². The minimum absolute atomic E-state index is 0.0271. The lowest BCUT2D eigenvalue weighted by Gasteiger charge is -2.43. The van der Waals surface area contributed by atoms with Crippen LogP contribution in [0, 0.1) is 22.6 Å². The van der Waals surface area contributed by atoms with Gasteiger partial charge in [-0.1, -0.05) is 13.8 Å². The number of anilines is 1. The largest absolute Gasteiger partial charge is 0.417 e. The molecule has 1 saturated heterocycles. The van der Waals surface area contributed by atoms with Crippen molar-refractivity contribution in [3.63, 3.8) is 0 Å². The zero-order valence-corrected chi connectivity index (χ0v) is 19.2. The third-order valence-electron chi connectivity index (χ3n) is 8.04. The Kier molecular flexibility index (Phi) is 5.81. The Morgan fingerprint density at radius 1 is 1.27 bits per heavy atom. The number of alkyl halides is 3. The van der Waals surface area contributed by atoms with Crippen LogP contribution in [-0.2, 0) is 21.0 Å². The Balaban J connectivity index is 1.54. The summed E-state index contributed by atoms with van der Waals surface area (Å²) >= 11 is 0. The van der Waals surface area contributed by atoms with E-state index in [1.54, 1.807) is 0 Å². The highest BCUT2D eigenvalue weighted by Gasteiger charge is 2.65. The Hall–Kier alpha value is -1.79. The molecule has 0 aromatic carbocycles. The first-order valence-electron chi connectivity index (χ1n) is 10.8. The third kappa shape index (κ3) is 3.83. The molecule has 1 aliphatic heterocycles. The Morgan fingerprint density at radius 2 is 1.97 bits per heavy atom. The molecule has 1 N–H and O–H groups in total. The van der Waals surface area contributed by atoms with Crippen LogP contribution in [0.25, 0.3) is 0 Å². The summed E-state index contributed by atoms with van der Waals surface area (Å²) in [6.07, 6.45) is -2.53. The number of aromatic nitrogens is 1. The Labute approximate surface area is 189 Å². The molecule has 1 aromatic rings. The summed E-state index contributed by atoms with van der Waals surface area (Å²) in [5.41, 5.74) is -2.60. The molecule has 184 valence electrons. The molecule has 2 heterocycles. The minimum Gasteiger partial charge on any atom is -0.394 e. The number of aliphatic hydroxyl groups is 1. The van der Waals surface area contributed by atoms with Crippen LogP contribution in [0.15, 0.2) is 12.3 Å². The topological polar surface area (TPSA) is 90.8 Å². The molecule has 1 aromatic heterocycles. The summed E-state index contributed by atoms with van der Waals surface area (Å²) in [4.78, 5) is 17.7. The summed E-state index contributed by atoms with van der Waals surface area (Å²) in [7, 11) is -3.89. The van der Waals surface area contributed by atoms with Gasteiger partial charge in [-0.3, -0.25) is 4.79 Å². The fraction of sp³-hybridized carbons (Fsp3) is 0.714. The van der Waals surface area contributed by atoms with Gasteiger partial charge in [0.15, 0.2) is 11.6 Å². The average molecular weight is 494 g/mol. The number of rotatable bonds is 5. The summed E-state index contributed by atoms with van der Waals surface area (Å²) < 4.78 is 80.8. The summed E-state index contributed by atoms with van der Waals surface area (Å²) in [5, 5.41) is 9.85. The van der Waals surface area contributed by atoms with Crippen LogP contribution in [-0.4, -0.2) is 66.6 Å². The molecule has 0 radical (unpaired) electrons. The summed E-state index contributed by atoms with van der Waals surface area (Å²) in [6, 6.07) is -0.558. The van der Waals surface area contributed by atoms with Crippen LogP contribution in [0.1, 0.15) is 38.7 Å². The van der Waals surface area contributed by atoms with Gasteiger partial charge < -0.3 is 10.0 Å². The van der Waals surface area contributed by atoms with Crippen LogP contribution in [0.3, 0.4) is 0 Å². The maximum Gasteiger partial charge on any atom is 0.417 e. The van der Waals surface area contributed by atoms with Crippen LogP contribution >= 0.6 is 0 Å². The van der Waals surface area contributed by atoms with Crippen molar-refractivity contribution in [2.75, 3.05) is 36.9 Å². The number of ketones is 1. The van der Waals surface area contributed by atoms with Crippen LogP contribution in [0.2, 0.25) is 0 Å². The van der Waals surface area contributed by atoms with Crippen LogP contribution in [0.5, 0.6) is 0 Å². The van der Waals surface area contributed by atoms with Crippen molar-refractivity contribution < 1.29 is 35.9 Å². The highest BCUT2D eigenvalue weighted by atomic mass is 32.2. The van der Waals surface area contributed by atoms with Gasteiger partial charge in [0.05, 0.1) is 24.0 Å². The van der Waals surface area contributed by atoms with E-state index < -0.39 is 51.1 Å². The normalized spacial score (nSPS) is 30.3. The molecule has 3 aliphatic rings. The van der Waals surface area contributed by atoms with Gasteiger partial charge in [-0.15, -0.1) is 0 Å². The second kappa shape index (κ2) is 7.88. The molecule has 4 rings (SSSR count). The number of sulfonamides is 1. The van der Waals surface area contributed by atoms with Gasteiger partial charge in [0.2, 0.25) is 10.0 Å². The van der Waals surface area contributed by atoms with Gasteiger partial charge in [0.25, 0.3) is 0 Å². The van der Waals surface area contributed by atoms with Gasteiger partial charge >= 0.3 is 6.18 Å². The Morgan fingerprint density at radius 3 is 2.48 bits per heavy atom. The Bertz CT molecular complexity index is 1060. The number of carbonyl (C=O) groups is 1. The average Bonchev–Trinajstić information content (AvgIpc) is 3.06.